The zero-order valence-electron chi connectivity index (χ0n) is 13.1. The number of hydrogen-bond donors (Lipinski definition) is 1. The molecule has 1 aliphatic rings. The van der Waals surface area contributed by atoms with Crippen molar-refractivity contribution in [2.24, 2.45) is 0 Å². The van der Waals surface area contributed by atoms with Crippen molar-refractivity contribution in [3.63, 3.8) is 0 Å². The zero-order chi connectivity index (χ0) is 16.0. The van der Waals surface area contributed by atoms with Crippen LogP contribution in [0.2, 0.25) is 5.02 Å². The molecule has 1 atom stereocenters. The number of nitrogens with one attached hydrogen (secondary N) is 1. The van der Waals surface area contributed by atoms with E-state index >= 15 is 0 Å². The Morgan fingerprint density at radius 2 is 2.00 bits per heavy atom. The summed E-state index contributed by atoms with van der Waals surface area (Å²) in [5.41, 5.74) is 0.754. The van der Waals surface area contributed by atoms with Gasteiger partial charge in [0.1, 0.15) is 0 Å². The molecule has 1 aromatic carbocycles. The molecule has 4 nitrogen and oxygen atoms in total. The van der Waals surface area contributed by atoms with Crippen LogP contribution in [0, 0.1) is 0 Å². The summed E-state index contributed by atoms with van der Waals surface area (Å²) >= 11 is 5.80. The molecule has 0 aromatic heterocycles. The van der Waals surface area contributed by atoms with E-state index in [2.05, 4.69) is 16.7 Å². The highest BCUT2D eigenvalue weighted by Crippen LogP contribution is 2.19. The minimum Gasteiger partial charge on any atom is -0.303 e. The van der Waals surface area contributed by atoms with Crippen molar-refractivity contribution in [1.82, 2.24) is 9.62 Å². The first-order chi connectivity index (χ1) is 10.5. The Balaban J connectivity index is 1.65. The smallest absolute Gasteiger partial charge is 0.215 e. The molecule has 0 aliphatic carbocycles. The molecule has 6 heteroatoms. The van der Waals surface area contributed by atoms with Crippen molar-refractivity contribution in [2.45, 2.75) is 43.9 Å². The van der Waals surface area contributed by atoms with Crippen LogP contribution in [0.4, 0.5) is 0 Å². The molecular weight excluding hydrogens is 320 g/mol. The maximum Gasteiger partial charge on any atom is 0.215 e. The molecular formula is C16H25ClN2O2S. The van der Waals surface area contributed by atoms with Crippen LogP contribution in [0.25, 0.3) is 0 Å². The first-order valence-corrected chi connectivity index (χ1v) is 9.91. The maximum absolute atomic E-state index is 12.0. The minimum atomic E-state index is -3.26. The molecule has 1 fully saturated rings. The molecule has 0 unspecified atom stereocenters. The monoisotopic (exact) mass is 344 g/mol. The van der Waals surface area contributed by atoms with Crippen LogP contribution in [0.1, 0.15) is 37.7 Å². The molecule has 124 valence electrons. The molecule has 0 bridgehead atoms. The van der Waals surface area contributed by atoms with Gasteiger partial charge in [-0.2, -0.15) is 0 Å². The lowest BCUT2D eigenvalue weighted by Gasteiger charge is -2.18. The Morgan fingerprint density at radius 3 is 2.64 bits per heavy atom. The van der Waals surface area contributed by atoms with Gasteiger partial charge in [0.2, 0.25) is 10.0 Å². The molecule has 22 heavy (non-hydrogen) atoms. The van der Waals surface area contributed by atoms with Crippen molar-refractivity contribution in [3.05, 3.63) is 34.9 Å². The second-order valence-corrected chi connectivity index (χ2v) is 8.30. The molecule has 0 spiro atoms. The molecule has 1 N–H and O–H groups in total. The van der Waals surface area contributed by atoms with E-state index in [9.17, 15) is 8.42 Å². The summed E-state index contributed by atoms with van der Waals surface area (Å²) in [6.45, 7) is 1.71. The summed E-state index contributed by atoms with van der Waals surface area (Å²) in [6.07, 6.45) is 5.69. The van der Waals surface area contributed by atoms with Crippen LogP contribution in [0.15, 0.2) is 24.3 Å². The van der Waals surface area contributed by atoms with Gasteiger partial charge < -0.3 is 4.90 Å². The van der Waals surface area contributed by atoms with Gasteiger partial charge in [-0.15, -0.1) is 0 Å². The molecule has 1 aromatic rings. The predicted octanol–water partition coefficient (Wildman–Crippen LogP) is 3.02. The minimum absolute atomic E-state index is 0.00946. The second kappa shape index (κ2) is 8.29. The summed E-state index contributed by atoms with van der Waals surface area (Å²) < 4.78 is 26.7. The number of benzene rings is 1. The number of sulfonamides is 1. The lowest BCUT2D eigenvalue weighted by atomic mass is 10.1. The Hall–Kier alpha value is -0.620. The van der Waals surface area contributed by atoms with Gasteiger partial charge in [0.15, 0.2) is 0 Å². The van der Waals surface area contributed by atoms with Crippen molar-refractivity contribution in [3.8, 4) is 0 Å². The standard InChI is InChI=1S/C16H25ClN2O2S/c1-19-12-4-6-16(19)5-2-3-11-18-22(20,21)13-14-7-9-15(17)10-8-14/h7-10,16,18H,2-6,11-13H2,1H3/t16-/m0/s1. The van der Waals surface area contributed by atoms with E-state index in [0.29, 0.717) is 17.6 Å². The van der Waals surface area contributed by atoms with Crippen LogP contribution >= 0.6 is 11.6 Å². The van der Waals surface area contributed by atoms with E-state index < -0.39 is 10.0 Å². The van der Waals surface area contributed by atoms with Crippen LogP contribution in [0.5, 0.6) is 0 Å². The molecule has 0 saturated carbocycles. The molecule has 0 radical (unpaired) electrons. The fourth-order valence-electron chi connectivity index (χ4n) is 2.93. The van der Waals surface area contributed by atoms with Crippen LogP contribution in [-0.2, 0) is 15.8 Å². The van der Waals surface area contributed by atoms with Crippen molar-refractivity contribution >= 4 is 21.6 Å². The third-order valence-corrected chi connectivity index (χ3v) is 5.84. The van der Waals surface area contributed by atoms with Gasteiger partial charge in [-0.1, -0.05) is 30.2 Å². The highest BCUT2D eigenvalue weighted by atomic mass is 35.5. The summed E-state index contributed by atoms with van der Waals surface area (Å²) in [7, 11) is -1.09. The van der Waals surface area contributed by atoms with Gasteiger partial charge in [0.25, 0.3) is 0 Å². The molecule has 1 saturated heterocycles. The van der Waals surface area contributed by atoms with E-state index in [1.807, 2.05) is 0 Å². The summed E-state index contributed by atoms with van der Waals surface area (Å²) in [6, 6.07) is 7.61. The summed E-state index contributed by atoms with van der Waals surface area (Å²) in [5, 5.41) is 0.617. The van der Waals surface area contributed by atoms with E-state index in [0.717, 1.165) is 24.8 Å². The van der Waals surface area contributed by atoms with Gasteiger partial charge in [0, 0.05) is 17.6 Å². The predicted molar refractivity (Wildman–Crippen MR) is 91.6 cm³/mol. The number of unbranched alkanes of at least 4 members (excludes halogenated alkanes) is 1. The topological polar surface area (TPSA) is 49.4 Å². The van der Waals surface area contributed by atoms with Gasteiger partial charge in [0.05, 0.1) is 5.75 Å². The molecule has 1 aliphatic heterocycles. The van der Waals surface area contributed by atoms with Crippen LogP contribution < -0.4 is 4.72 Å². The van der Waals surface area contributed by atoms with E-state index in [1.54, 1.807) is 24.3 Å². The molecule has 0 amide bonds. The lowest BCUT2D eigenvalue weighted by molar-refractivity contribution is 0.290. The summed E-state index contributed by atoms with van der Waals surface area (Å²) in [4.78, 5) is 2.41. The Kier molecular flexibility index (Phi) is 6.68. The zero-order valence-corrected chi connectivity index (χ0v) is 14.7. The number of rotatable bonds is 8. The van der Waals surface area contributed by atoms with E-state index in [-0.39, 0.29) is 5.75 Å². The Bertz CT molecular complexity index is 560. The Morgan fingerprint density at radius 1 is 1.27 bits per heavy atom. The fourth-order valence-corrected chi connectivity index (χ4v) is 4.24. The largest absolute Gasteiger partial charge is 0.303 e. The van der Waals surface area contributed by atoms with Gasteiger partial charge >= 0.3 is 0 Å². The van der Waals surface area contributed by atoms with E-state index in [4.69, 9.17) is 11.6 Å². The second-order valence-electron chi connectivity index (χ2n) is 6.05. The van der Waals surface area contributed by atoms with Gasteiger partial charge in [-0.05, 0) is 57.0 Å². The Labute approximate surface area is 138 Å². The maximum atomic E-state index is 12.0. The SMILES string of the molecule is CN1CCC[C@@H]1CCCCNS(=O)(=O)Cc1ccc(Cl)cc1. The number of halogens is 1. The molecule has 1 heterocycles. The summed E-state index contributed by atoms with van der Waals surface area (Å²) in [5.74, 6) is 0.00946. The number of likely N-dealkylation sites (tertiary alicyclic amines) is 1. The van der Waals surface area contributed by atoms with E-state index in [1.165, 1.54) is 19.4 Å². The van der Waals surface area contributed by atoms with Gasteiger partial charge in [-0.25, -0.2) is 13.1 Å². The van der Waals surface area contributed by atoms with Crippen LogP contribution in [0.3, 0.4) is 0 Å². The number of hydrogen-bond acceptors (Lipinski definition) is 3. The molecule has 2 rings (SSSR count). The lowest BCUT2D eigenvalue weighted by Crippen LogP contribution is -2.27. The van der Waals surface area contributed by atoms with Crippen molar-refractivity contribution < 1.29 is 8.42 Å². The normalized spacial score (nSPS) is 19.6. The van der Waals surface area contributed by atoms with Crippen LogP contribution in [-0.4, -0.2) is 39.5 Å². The third kappa shape index (κ3) is 5.88. The first kappa shape index (κ1) is 17.7. The average molecular weight is 345 g/mol. The first-order valence-electron chi connectivity index (χ1n) is 7.88. The average Bonchev–Trinajstić information content (AvgIpc) is 2.86. The van der Waals surface area contributed by atoms with Crippen molar-refractivity contribution in [1.29, 1.82) is 0 Å². The number of nitrogens with zero attached hydrogens (tertiary/aromatic N) is 1. The quantitative estimate of drug-likeness (QED) is 0.737. The highest BCUT2D eigenvalue weighted by molar-refractivity contribution is 7.88. The fraction of sp³-hybridized carbons (Fsp3) is 0.625. The van der Waals surface area contributed by atoms with Crippen molar-refractivity contribution in [2.75, 3.05) is 20.1 Å². The van der Waals surface area contributed by atoms with Gasteiger partial charge in [-0.3, -0.25) is 0 Å². The third-order valence-electron chi connectivity index (χ3n) is 4.23. The highest BCUT2D eigenvalue weighted by Gasteiger charge is 2.19.